The van der Waals surface area contributed by atoms with Crippen molar-refractivity contribution in [2.24, 2.45) is 10.7 Å². The van der Waals surface area contributed by atoms with Crippen molar-refractivity contribution in [3.05, 3.63) is 23.8 Å². The second-order valence-corrected chi connectivity index (χ2v) is 5.95. The van der Waals surface area contributed by atoms with Crippen LogP contribution in [0.15, 0.2) is 23.2 Å². The Hall–Kier alpha value is -1.91. The molecule has 1 fully saturated rings. The molecule has 0 aromatic heterocycles. The number of ether oxygens (including phenoxy) is 2. The van der Waals surface area contributed by atoms with Gasteiger partial charge in [-0.1, -0.05) is 25.5 Å². The molecule has 0 saturated heterocycles. The van der Waals surface area contributed by atoms with Gasteiger partial charge in [0.2, 0.25) is 0 Å². The van der Waals surface area contributed by atoms with E-state index in [9.17, 15) is 0 Å². The summed E-state index contributed by atoms with van der Waals surface area (Å²) in [6.45, 7) is 3.50. The molecule has 5 heteroatoms. The second kappa shape index (κ2) is 9.28. The van der Waals surface area contributed by atoms with Gasteiger partial charge in [0.1, 0.15) is 0 Å². The molecule has 0 heterocycles. The number of nitrogens with zero attached hydrogens (tertiary/aromatic N) is 1. The van der Waals surface area contributed by atoms with Crippen LogP contribution in [-0.4, -0.2) is 25.7 Å². The Labute approximate surface area is 139 Å². The lowest BCUT2D eigenvalue weighted by atomic mass is 10.1. The van der Waals surface area contributed by atoms with Crippen LogP contribution in [0.5, 0.6) is 11.5 Å². The average Bonchev–Trinajstić information content (AvgIpc) is 3.07. The molecule has 0 atom stereocenters. The Balaban J connectivity index is 2.05. The van der Waals surface area contributed by atoms with E-state index in [2.05, 4.69) is 17.2 Å². The fraction of sp³-hybridized carbons (Fsp3) is 0.611. The molecule has 23 heavy (non-hydrogen) atoms. The summed E-state index contributed by atoms with van der Waals surface area (Å²) >= 11 is 0. The number of hydrogen-bond donors (Lipinski definition) is 2. The highest BCUT2D eigenvalue weighted by Gasteiger charge is 2.20. The van der Waals surface area contributed by atoms with Gasteiger partial charge in [-0.2, -0.15) is 0 Å². The second-order valence-electron chi connectivity index (χ2n) is 5.95. The molecule has 0 unspecified atom stereocenters. The van der Waals surface area contributed by atoms with E-state index in [1.165, 1.54) is 12.8 Å². The quantitative estimate of drug-likeness (QED) is 0.438. The normalized spacial score (nSPS) is 15.7. The number of hydrogen-bond acceptors (Lipinski definition) is 3. The summed E-state index contributed by atoms with van der Waals surface area (Å²) in [7, 11) is 1.67. The Bertz CT molecular complexity index is 511. The lowest BCUT2D eigenvalue weighted by molar-refractivity contribution is 0.198. The van der Waals surface area contributed by atoms with Crippen molar-refractivity contribution in [3.63, 3.8) is 0 Å². The zero-order valence-electron chi connectivity index (χ0n) is 14.3. The lowest BCUT2D eigenvalue weighted by Crippen LogP contribution is -2.32. The highest BCUT2D eigenvalue weighted by atomic mass is 16.5. The molecule has 1 aliphatic rings. The number of nitrogens with one attached hydrogen (secondary N) is 1. The molecule has 5 nitrogen and oxygen atoms in total. The number of rotatable bonds is 8. The van der Waals surface area contributed by atoms with Crippen molar-refractivity contribution < 1.29 is 9.47 Å². The van der Waals surface area contributed by atoms with Gasteiger partial charge in [-0.05, 0) is 38.2 Å². The van der Waals surface area contributed by atoms with Crippen LogP contribution in [0, 0.1) is 0 Å². The first-order valence-corrected chi connectivity index (χ1v) is 8.61. The number of methoxy groups -OCH3 is 1. The predicted molar refractivity (Wildman–Crippen MR) is 94.1 cm³/mol. The van der Waals surface area contributed by atoms with Gasteiger partial charge in [0.25, 0.3) is 0 Å². The molecule has 0 radical (unpaired) electrons. The van der Waals surface area contributed by atoms with Crippen molar-refractivity contribution in [3.8, 4) is 11.5 Å². The van der Waals surface area contributed by atoms with Crippen molar-refractivity contribution in [2.45, 2.75) is 58.1 Å². The van der Waals surface area contributed by atoms with E-state index in [-0.39, 0.29) is 6.10 Å². The molecule has 3 N–H and O–H groups in total. The summed E-state index contributed by atoms with van der Waals surface area (Å²) < 4.78 is 11.7. The van der Waals surface area contributed by atoms with Crippen LogP contribution in [0.4, 0.5) is 0 Å². The van der Waals surface area contributed by atoms with Crippen LogP contribution in [0.1, 0.15) is 51.0 Å². The number of aliphatic imine (C=N–C) groups is 1. The third-order valence-electron chi connectivity index (χ3n) is 4.12. The standard InChI is InChI=1S/C18H29N3O2/c1-3-4-12-20-18(19)21-13-14-8-7-11-16(22-2)17(14)23-15-9-5-6-10-15/h7-8,11,15H,3-6,9-10,12-13H2,1-2H3,(H3,19,20,21). The van der Waals surface area contributed by atoms with Crippen LogP contribution in [-0.2, 0) is 6.54 Å². The maximum Gasteiger partial charge on any atom is 0.188 e. The highest BCUT2D eigenvalue weighted by Crippen LogP contribution is 2.35. The summed E-state index contributed by atoms with van der Waals surface area (Å²) in [5, 5.41) is 3.13. The number of benzene rings is 1. The average molecular weight is 319 g/mol. The molecule has 0 bridgehead atoms. The predicted octanol–water partition coefficient (Wildman–Crippen LogP) is 3.22. The Morgan fingerprint density at radius 3 is 2.83 bits per heavy atom. The number of unbranched alkanes of at least 4 members (excludes halogenated alkanes) is 1. The largest absolute Gasteiger partial charge is 0.493 e. The molecule has 1 aromatic rings. The van der Waals surface area contributed by atoms with Gasteiger partial charge in [0.05, 0.1) is 19.8 Å². The van der Waals surface area contributed by atoms with E-state index < -0.39 is 0 Å². The van der Waals surface area contributed by atoms with Crippen LogP contribution in [0.3, 0.4) is 0 Å². The summed E-state index contributed by atoms with van der Waals surface area (Å²) in [5.74, 6) is 2.06. The molecule has 0 aliphatic heterocycles. The Kier molecular flexibility index (Phi) is 7.04. The minimum absolute atomic E-state index is 0.286. The topological polar surface area (TPSA) is 68.9 Å². The molecule has 1 saturated carbocycles. The van der Waals surface area contributed by atoms with E-state index >= 15 is 0 Å². The lowest BCUT2D eigenvalue weighted by Gasteiger charge is -2.18. The minimum atomic E-state index is 0.286. The van der Waals surface area contributed by atoms with Gasteiger partial charge in [-0.25, -0.2) is 4.99 Å². The van der Waals surface area contributed by atoms with Crippen LogP contribution in [0.2, 0.25) is 0 Å². The number of guanidine groups is 1. The maximum atomic E-state index is 6.20. The summed E-state index contributed by atoms with van der Waals surface area (Å²) in [6.07, 6.45) is 7.21. The van der Waals surface area contributed by atoms with Crippen molar-refractivity contribution >= 4 is 5.96 Å². The number of para-hydroxylation sites is 1. The van der Waals surface area contributed by atoms with Gasteiger partial charge < -0.3 is 20.5 Å². The van der Waals surface area contributed by atoms with Crippen LogP contribution in [0.25, 0.3) is 0 Å². The van der Waals surface area contributed by atoms with Crippen molar-refractivity contribution in [1.29, 1.82) is 0 Å². The molecule has 1 aliphatic carbocycles. The molecule has 0 amide bonds. The zero-order chi connectivity index (χ0) is 16.5. The van der Waals surface area contributed by atoms with Gasteiger partial charge in [0, 0.05) is 12.1 Å². The molecular weight excluding hydrogens is 290 g/mol. The summed E-state index contributed by atoms with van der Waals surface area (Å²) in [4.78, 5) is 4.42. The van der Waals surface area contributed by atoms with Crippen LogP contribution < -0.4 is 20.5 Å². The third-order valence-corrected chi connectivity index (χ3v) is 4.12. The monoisotopic (exact) mass is 319 g/mol. The third kappa shape index (κ3) is 5.34. The first-order valence-electron chi connectivity index (χ1n) is 8.61. The molecule has 0 spiro atoms. The van der Waals surface area contributed by atoms with Gasteiger partial charge in [-0.15, -0.1) is 0 Å². The molecule has 128 valence electrons. The first kappa shape index (κ1) is 17.4. The maximum absolute atomic E-state index is 6.20. The van der Waals surface area contributed by atoms with Gasteiger partial charge in [-0.3, -0.25) is 0 Å². The van der Waals surface area contributed by atoms with E-state index in [4.69, 9.17) is 15.2 Å². The van der Waals surface area contributed by atoms with E-state index in [1.54, 1.807) is 7.11 Å². The van der Waals surface area contributed by atoms with Crippen molar-refractivity contribution in [1.82, 2.24) is 5.32 Å². The summed E-state index contributed by atoms with van der Waals surface area (Å²) in [6, 6.07) is 5.92. The molecular formula is C18H29N3O2. The number of nitrogens with two attached hydrogens (primary N) is 1. The Morgan fingerprint density at radius 1 is 1.35 bits per heavy atom. The fourth-order valence-corrected chi connectivity index (χ4v) is 2.77. The molecule has 2 rings (SSSR count). The van der Waals surface area contributed by atoms with E-state index in [0.717, 1.165) is 49.3 Å². The molecule has 1 aromatic carbocycles. The van der Waals surface area contributed by atoms with Gasteiger partial charge in [0.15, 0.2) is 17.5 Å². The van der Waals surface area contributed by atoms with E-state index in [1.807, 2.05) is 18.2 Å². The van der Waals surface area contributed by atoms with E-state index in [0.29, 0.717) is 12.5 Å². The highest BCUT2D eigenvalue weighted by molar-refractivity contribution is 5.77. The van der Waals surface area contributed by atoms with Gasteiger partial charge >= 0.3 is 0 Å². The first-order chi connectivity index (χ1) is 11.2. The Morgan fingerprint density at radius 2 is 2.13 bits per heavy atom. The zero-order valence-corrected chi connectivity index (χ0v) is 14.3. The van der Waals surface area contributed by atoms with Crippen LogP contribution >= 0.6 is 0 Å². The minimum Gasteiger partial charge on any atom is -0.493 e. The fourth-order valence-electron chi connectivity index (χ4n) is 2.77. The smallest absolute Gasteiger partial charge is 0.188 e. The van der Waals surface area contributed by atoms with Crippen molar-refractivity contribution in [2.75, 3.05) is 13.7 Å². The summed E-state index contributed by atoms with van der Waals surface area (Å²) in [5.41, 5.74) is 6.92. The SMILES string of the molecule is CCCCNC(N)=NCc1cccc(OC)c1OC1CCCC1.